The first-order chi connectivity index (χ1) is 13.3. The molecule has 1 saturated heterocycles. The van der Waals surface area contributed by atoms with Gasteiger partial charge in [-0.3, -0.25) is 9.59 Å². The van der Waals surface area contributed by atoms with Crippen LogP contribution < -0.4 is 11.1 Å². The highest BCUT2D eigenvalue weighted by Gasteiger charge is 2.30. The molecule has 2 amide bonds. The maximum Gasteiger partial charge on any atom is 0.254 e. The number of nitrogens with zero attached hydrogens (tertiary/aromatic N) is 1. The van der Waals surface area contributed by atoms with Crippen LogP contribution in [-0.2, 0) is 15.1 Å². The highest BCUT2D eigenvalue weighted by molar-refractivity contribution is 5.99. The van der Waals surface area contributed by atoms with E-state index in [1.165, 1.54) is 0 Å². The van der Waals surface area contributed by atoms with Crippen LogP contribution in [0.4, 0.5) is 5.69 Å². The summed E-state index contributed by atoms with van der Waals surface area (Å²) in [5, 5.41) is 2.83. The third kappa shape index (κ3) is 4.40. The van der Waals surface area contributed by atoms with E-state index in [0.29, 0.717) is 24.3 Å². The van der Waals surface area contributed by atoms with Gasteiger partial charge >= 0.3 is 0 Å². The number of amides is 2. The van der Waals surface area contributed by atoms with Gasteiger partial charge in [0.15, 0.2) is 0 Å². The van der Waals surface area contributed by atoms with Gasteiger partial charge in [0, 0.05) is 24.3 Å². The van der Waals surface area contributed by atoms with Crippen molar-refractivity contribution in [2.24, 2.45) is 5.73 Å². The molecule has 0 radical (unpaired) electrons. The van der Waals surface area contributed by atoms with Crippen LogP contribution in [0.25, 0.3) is 0 Å². The monoisotopic (exact) mass is 381 g/mol. The molecule has 1 heterocycles. The van der Waals surface area contributed by atoms with Crippen LogP contribution in [0.15, 0.2) is 54.6 Å². The van der Waals surface area contributed by atoms with Crippen LogP contribution in [0.3, 0.4) is 0 Å². The molecule has 3 atom stereocenters. The Morgan fingerprint density at radius 2 is 1.61 bits per heavy atom. The molecule has 0 aliphatic carbocycles. The Labute approximate surface area is 165 Å². The molecule has 28 heavy (non-hydrogen) atoms. The van der Waals surface area contributed by atoms with E-state index in [1.807, 2.05) is 44.2 Å². The fraction of sp³-hybridized carbons (Fsp3) is 0.364. The average Bonchev–Trinajstić information content (AvgIpc) is 2.68. The molecule has 0 aromatic heterocycles. The second kappa shape index (κ2) is 8.12. The van der Waals surface area contributed by atoms with Crippen molar-refractivity contribution in [3.63, 3.8) is 0 Å². The zero-order valence-corrected chi connectivity index (χ0v) is 16.5. The van der Waals surface area contributed by atoms with E-state index in [9.17, 15) is 9.59 Å². The van der Waals surface area contributed by atoms with Gasteiger partial charge in [0.05, 0.1) is 12.2 Å². The maximum absolute atomic E-state index is 12.7. The predicted octanol–water partition coefficient (Wildman–Crippen LogP) is 2.75. The zero-order valence-electron chi connectivity index (χ0n) is 16.5. The van der Waals surface area contributed by atoms with Crippen molar-refractivity contribution < 1.29 is 14.3 Å². The third-order valence-corrected chi connectivity index (χ3v) is 4.94. The smallest absolute Gasteiger partial charge is 0.254 e. The minimum atomic E-state index is -1.16. The molecule has 1 aliphatic rings. The van der Waals surface area contributed by atoms with Gasteiger partial charge < -0.3 is 20.7 Å². The Kier molecular flexibility index (Phi) is 5.82. The summed E-state index contributed by atoms with van der Waals surface area (Å²) in [6.07, 6.45) is 0.0398. The van der Waals surface area contributed by atoms with Gasteiger partial charge in [0.2, 0.25) is 5.91 Å². The van der Waals surface area contributed by atoms with Crippen molar-refractivity contribution in [1.29, 1.82) is 0 Å². The molecule has 6 nitrogen and oxygen atoms in total. The van der Waals surface area contributed by atoms with Crippen LogP contribution in [-0.4, -0.2) is 42.0 Å². The molecule has 0 bridgehead atoms. The van der Waals surface area contributed by atoms with Crippen LogP contribution >= 0.6 is 0 Å². The normalized spacial score (nSPS) is 21.6. The van der Waals surface area contributed by atoms with Gasteiger partial charge in [0.25, 0.3) is 5.91 Å². The fourth-order valence-electron chi connectivity index (χ4n) is 3.40. The number of nitrogens with one attached hydrogen (secondary N) is 1. The number of morpholine rings is 1. The summed E-state index contributed by atoms with van der Waals surface area (Å²) < 4.78 is 5.68. The van der Waals surface area contributed by atoms with E-state index in [-0.39, 0.29) is 24.0 Å². The van der Waals surface area contributed by atoms with Crippen molar-refractivity contribution in [1.82, 2.24) is 4.90 Å². The Hall–Kier alpha value is -2.70. The Morgan fingerprint density at radius 3 is 2.18 bits per heavy atom. The molecular weight excluding hydrogens is 354 g/mol. The first-order valence-corrected chi connectivity index (χ1v) is 9.48. The van der Waals surface area contributed by atoms with Crippen molar-refractivity contribution in [2.75, 3.05) is 18.4 Å². The van der Waals surface area contributed by atoms with E-state index in [4.69, 9.17) is 10.5 Å². The number of carbonyl (C=O) groups is 2. The van der Waals surface area contributed by atoms with Gasteiger partial charge in [-0.1, -0.05) is 30.3 Å². The average molecular weight is 381 g/mol. The predicted molar refractivity (Wildman–Crippen MR) is 109 cm³/mol. The first-order valence-electron chi connectivity index (χ1n) is 9.48. The number of carbonyl (C=O) groups excluding carboxylic acids is 2. The van der Waals surface area contributed by atoms with Crippen LogP contribution in [0.1, 0.15) is 36.7 Å². The molecule has 3 N–H and O–H groups in total. The molecule has 3 rings (SSSR count). The number of hydrogen-bond acceptors (Lipinski definition) is 4. The van der Waals surface area contributed by atoms with Crippen LogP contribution in [0.5, 0.6) is 0 Å². The summed E-state index contributed by atoms with van der Waals surface area (Å²) in [5.41, 5.74) is 7.00. The molecule has 0 saturated carbocycles. The zero-order chi connectivity index (χ0) is 20.3. The molecule has 1 aliphatic heterocycles. The second-order valence-electron chi connectivity index (χ2n) is 7.57. The van der Waals surface area contributed by atoms with E-state index in [2.05, 4.69) is 5.32 Å². The van der Waals surface area contributed by atoms with Gasteiger partial charge in [0.1, 0.15) is 5.54 Å². The molecule has 148 valence electrons. The molecule has 2 aromatic carbocycles. The van der Waals surface area contributed by atoms with E-state index in [0.717, 1.165) is 5.56 Å². The lowest BCUT2D eigenvalue weighted by molar-refractivity contribution is -0.120. The number of nitrogens with two attached hydrogens (primary N) is 1. The van der Waals surface area contributed by atoms with Gasteiger partial charge in [-0.25, -0.2) is 0 Å². The molecule has 1 fully saturated rings. The number of rotatable bonds is 4. The van der Waals surface area contributed by atoms with Crippen LogP contribution in [0, 0.1) is 0 Å². The summed E-state index contributed by atoms with van der Waals surface area (Å²) in [4.78, 5) is 27.2. The quantitative estimate of drug-likeness (QED) is 0.853. The minimum absolute atomic E-state index is 0.0199. The fourth-order valence-corrected chi connectivity index (χ4v) is 3.40. The van der Waals surface area contributed by atoms with E-state index in [1.54, 1.807) is 36.1 Å². The summed E-state index contributed by atoms with van der Waals surface area (Å²) in [7, 11) is 0. The molecule has 2 aromatic rings. The lowest BCUT2D eigenvalue weighted by Gasteiger charge is -2.35. The maximum atomic E-state index is 12.7. The van der Waals surface area contributed by atoms with Crippen molar-refractivity contribution >= 4 is 17.5 Å². The second-order valence-corrected chi connectivity index (χ2v) is 7.57. The number of benzene rings is 2. The third-order valence-electron chi connectivity index (χ3n) is 4.94. The standard InChI is InChI=1S/C22H27N3O3/c1-15-13-25(14-16(2)28-15)20(26)17-9-11-19(12-10-17)24-21(27)22(3,23)18-7-5-4-6-8-18/h4-12,15-16H,13-14,23H2,1-3H3,(H,24,27). The highest BCUT2D eigenvalue weighted by atomic mass is 16.5. The molecule has 3 unspecified atom stereocenters. The summed E-state index contributed by atoms with van der Waals surface area (Å²) >= 11 is 0. The largest absolute Gasteiger partial charge is 0.372 e. The van der Waals surface area contributed by atoms with Crippen molar-refractivity contribution in [3.8, 4) is 0 Å². The minimum Gasteiger partial charge on any atom is -0.372 e. The number of ether oxygens (including phenoxy) is 1. The van der Waals surface area contributed by atoms with E-state index >= 15 is 0 Å². The number of hydrogen-bond donors (Lipinski definition) is 2. The Balaban J connectivity index is 1.67. The first kappa shape index (κ1) is 20.0. The summed E-state index contributed by atoms with van der Waals surface area (Å²) in [6.45, 7) is 6.75. The summed E-state index contributed by atoms with van der Waals surface area (Å²) in [5.74, 6) is -0.346. The van der Waals surface area contributed by atoms with Crippen LogP contribution in [0.2, 0.25) is 0 Å². The molecule has 6 heteroatoms. The van der Waals surface area contributed by atoms with Crippen molar-refractivity contribution in [2.45, 2.75) is 38.5 Å². The van der Waals surface area contributed by atoms with Gasteiger partial charge in [-0.05, 0) is 50.6 Å². The SMILES string of the molecule is CC1CN(C(=O)c2ccc(NC(=O)C(C)(N)c3ccccc3)cc2)CC(C)O1. The molecular formula is C22H27N3O3. The number of anilines is 1. The Morgan fingerprint density at radius 1 is 1.04 bits per heavy atom. The lowest BCUT2D eigenvalue weighted by atomic mass is 9.92. The van der Waals surface area contributed by atoms with Gasteiger partial charge in [-0.15, -0.1) is 0 Å². The topological polar surface area (TPSA) is 84.7 Å². The Bertz CT molecular complexity index is 824. The lowest BCUT2D eigenvalue weighted by Crippen LogP contribution is -2.48. The van der Waals surface area contributed by atoms with Gasteiger partial charge in [-0.2, -0.15) is 0 Å². The van der Waals surface area contributed by atoms with E-state index < -0.39 is 5.54 Å². The highest BCUT2D eigenvalue weighted by Crippen LogP contribution is 2.21. The summed E-state index contributed by atoms with van der Waals surface area (Å²) in [6, 6.07) is 16.1. The van der Waals surface area contributed by atoms with Crippen molar-refractivity contribution in [3.05, 3.63) is 65.7 Å². The molecule has 0 spiro atoms.